The van der Waals surface area contributed by atoms with Gasteiger partial charge in [-0.15, -0.1) is 12.4 Å². The number of halogens is 1. The second kappa shape index (κ2) is 11.2. The smallest absolute Gasteiger partial charge is 0.254 e. The summed E-state index contributed by atoms with van der Waals surface area (Å²) in [5.74, 6) is -0.442. The lowest BCUT2D eigenvalue weighted by Gasteiger charge is -2.36. The van der Waals surface area contributed by atoms with Crippen LogP contribution < -0.4 is 15.8 Å². The van der Waals surface area contributed by atoms with Gasteiger partial charge in [0.1, 0.15) is 5.75 Å². The van der Waals surface area contributed by atoms with Crippen molar-refractivity contribution in [2.24, 2.45) is 5.73 Å². The lowest BCUT2D eigenvalue weighted by molar-refractivity contribution is -0.00728. The van der Waals surface area contributed by atoms with E-state index in [4.69, 9.17) is 15.2 Å². The number of carbonyl (C=O) groups is 2. The van der Waals surface area contributed by atoms with E-state index in [9.17, 15) is 14.7 Å². The van der Waals surface area contributed by atoms with Gasteiger partial charge in [-0.05, 0) is 49.4 Å². The van der Waals surface area contributed by atoms with Crippen LogP contribution in [0.3, 0.4) is 0 Å². The van der Waals surface area contributed by atoms with Crippen LogP contribution >= 0.6 is 12.4 Å². The summed E-state index contributed by atoms with van der Waals surface area (Å²) in [6.07, 6.45) is 1.87. The van der Waals surface area contributed by atoms with Gasteiger partial charge in [0.15, 0.2) is 0 Å². The summed E-state index contributed by atoms with van der Waals surface area (Å²) in [6, 6.07) is 11.3. The number of rotatable bonds is 7. The van der Waals surface area contributed by atoms with Crippen LogP contribution in [0.1, 0.15) is 57.2 Å². The van der Waals surface area contributed by atoms with Crippen LogP contribution in [0.4, 0.5) is 0 Å². The van der Waals surface area contributed by atoms with Gasteiger partial charge in [0.25, 0.3) is 11.8 Å². The Morgan fingerprint density at radius 3 is 2.47 bits per heavy atom. The van der Waals surface area contributed by atoms with E-state index < -0.39 is 12.0 Å². The second-order valence-electron chi connectivity index (χ2n) is 9.63. The van der Waals surface area contributed by atoms with Crippen molar-refractivity contribution in [3.63, 3.8) is 0 Å². The monoisotopic (exact) mass is 515 g/mol. The van der Waals surface area contributed by atoms with Crippen molar-refractivity contribution in [2.75, 3.05) is 19.8 Å². The van der Waals surface area contributed by atoms with Gasteiger partial charge in [0.2, 0.25) is 0 Å². The molecule has 2 aromatic carbocycles. The normalized spacial score (nSPS) is 23.4. The van der Waals surface area contributed by atoms with E-state index in [1.807, 2.05) is 24.0 Å². The molecular weight excluding hydrogens is 482 g/mol. The number of amides is 2. The number of hydrogen-bond acceptors (Lipinski definition) is 6. The molecule has 194 valence electrons. The molecule has 2 bridgehead atoms. The van der Waals surface area contributed by atoms with Crippen molar-refractivity contribution in [3.05, 3.63) is 64.2 Å². The summed E-state index contributed by atoms with van der Waals surface area (Å²) in [4.78, 5) is 28.0. The molecule has 4 atom stereocenters. The fraction of sp³-hybridized carbons (Fsp3) is 0.481. The standard InChI is InChI=1S/C27H33N3O5.ClH/c1-2-35-25-21(26(28)32)10-9-20(27(33)30-18-7-8-19(30)15-34-14-18)22(25)12-24(31)23-11-16-5-3-4-6-17(16)13-29-23;/h3-6,9-10,18-19,23-24,29,31H,2,7-8,11-15H2,1H3,(H2,28,32);1H/t18?,19?,23-,24+;/m0./s1. The average molecular weight is 516 g/mol. The Kier molecular flexibility index (Phi) is 8.20. The number of nitrogens with one attached hydrogen (secondary N) is 1. The molecule has 2 fully saturated rings. The zero-order valence-corrected chi connectivity index (χ0v) is 21.3. The molecule has 0 aliphatic carbocycles. The topological polar surface area (TPSA) is 114 Å². The van der Waals surface area contributed by atoms with E-state index in [-0.39, 0.29) is 48.4 Å². The molecule has 4 N–H and O–H groups in total. The summed E-state index contributed by atoms with van der Waals surface area (Å²) < 4.78 is 11.6. The maximum absolute atomic E-state index is 13.8. The third kappa shape index (κ3) is 4.95. The van der Waals surface area contributed by atoms with Gasteiger partial charge in [-0.2, -0.15) is 0 Å². The minimum Gasteiger partial charge on any atom is -0.493 e. The molecule has 9 heteroatoms. The fourth-order valence-corrected chi connectivity index (χ4v) is 5.74. The molecule has 2 aromatic rings. The molecule has 3 aliphatic rings. The second-order valence-corrected chi connectivity index (χ2v) is 9.63. The van der Waals surface area contributed by atoms with E-state index >= 15 is 0 Å². The van der Waals surface area contributed by atoms with Crippen LogP contribution in [0, 0.1) is 0 Å². The quantitative estimate of drug-likeness (QED) is 0.521. The number of carbonyl (C=O) groups excluding carboxylic acids is 2. The van der Waals surface area contributed by atoms with Crippen molar-refractivity contribution in [3.8, 4) is 5.75 Å². The first kappa shape index (κ1) is 26.4. The molecule has 2 unspecified atom stereocenters. The minimum atomic E-state index is -0.793. The van der Waals surface area contributed by atoms with Gasteiger partial charge in [-0.3, -0.25) is 9.59 Å². The first-order valence-electron chi connectivity index (χ1n) is 12.4. The fourth-order valence-electron chi connectivity index (χ4n) is 5.74. The van der Waals surface area contributed by atoms with Crippen molar-refractivity contribution in [1.82, 2.24) is 10.2 Å². The Balaban J connectivity index is 0.00000304. The largest absolute Gasteiger partial charge is 0.493 e. The third-order valence-corrected chi connectivity index (χ3v) is 7.51. The molecule has 0 radical (unpaired) electrons. The first-order valence-corrected chi connectivity index (χ1v) is 12.4. The zero-order valence-electron chi connectivity index (χ0n) is 20.4. The van der Waals surface area contributed by atoms with E-state index in [1.165, 1.54) is 11.1 Å². The number of benzene rings is 2. The zero-order chi connectivity index (χ0) is 24.5. The minimum absolute atomic E-state index is 0. The summed E-state index contributed by atoms with van der Waals surface area (Å²) in [7, 11) is 0. The Morgan fingerprint density at radius 2 is 1.81 bits per heavy atom. The number of aliphatic hydroxyl groups excluding tert-OH is 1. The van der Waals surface area contributed by atoms with E-state index in [0.29, 0.717) is 49.7 Å². The summed E-state index contributed by atoms with van der Waals surface area (Å²) in [5, 5.41) is 14.8. The van der Waals surface area contributed by atoms with Crippen LogP contribution in [0.15, 0.2) is 36.4 Å². The Morgan fingerprint density at radius 1 is 1.14 bits per heavy atom. The summed E-state index contributed by atoms with van der Waals surface area (Å²) >= 11 is 0. The SMILES string of the molecule is CCOc1c(C(N)=O)ccc(C(=O)N2C3CCC2COC3)c1C[C@@H](O)[C@@H]1Cc2ccccc2CN1.Cl. The molecule has 0 spiro atoms. The first-order chi connectivity index (χ1) is 17.0. The van der Waals surface area contributed by atoms with Gasteiger partial charge in [0, 0.05) is 30.1 Å². The Hall–Kier alpha value is -2.65. The number of morpholine rings is 1. The molecule has 2 amide bonds. The maximum atomic E-state index is 13.8. The van der Waals surface area contributed by atoms with Gasteiger partial charge in [-0.25, -0.2) is 0 Å². The van der Waals surface area contributed by atoms with Crippen LogP contribution in [0.25, 0.3) is 0 Å². The van der Waals surface area contributed by atoms with E-state index in [0.717, 1.165) is 12.8 Å². The average Bonchev–Trinajstić information content (AvgIpc) is 3.11. The predicted octanol–water partition coefficient (Wildman–Crippen LogP) is 2.23. The van der Waals surface area contributed by atoms with Crippen molar-refractivity contribution in [1.29, 1.82) is 0 Å². The number of nitrogens with zero attached hydrogens (tertiary/aromatic N) is 1. The Labute approximate surface area is 217 Å². The van der Waals surface area contributed by atoms with Crippen molar-refractivity contribution >= 4 is 24.2 Å². The number of aliphatic hydroxyl groups is 1. The van der Waals surface area contributed by atoms with Crippen molar-refractivity contribution in [2.45, 2.75) is 63.4 Å². The van der Waals surface area contributed by atoms with E-state index in [2.05, 4.69) is 17.4 Å². The molecule has 3 heterocycles. The number of hydrogen-bond donors (Lipinski definition) is 3. The lowest BCUT2D eigenvalue weighted by Crippen LogP contribution is -2.49. The molecule has 0 saturated carbocycles. The van der Waals surface area contributed by atoms with Gasteiger partial charge in [-0.1, -0.05) is 24.3 Å². The highest BCUT2D eigenvalue weighted by molar-refractivity contribution is 6.01. The number of primary amides is 1. The molecule has 2 saturated heterocycles. The maximum Gasteiger partial charge on any atom is 0.254 e. The molecule has 0 aromatic heterocycles. The molecular formula is C27H34ClN3O5. The molecule has 5 rings (SSSR count). The van der Waals surface area contributed by atoms with Crippen LogP contribution in [0.5, 0.6) is 5.75 Å². The third-order valence-electron chi connectivity index (χ3n) is 7.51. The van der Waals surface area contributed by atoms with Crippen LogP contribution in [0.2, 0.25) is 0 Å². The van der Waals surface area contributed by atoms with Crippen molar-refractivity contribution < 1.29 is 24.2 Å². The van der Waals surface area contributed by atoms with Gasteiger partial charge >= 0.3 is 0 Å². The summed E-state index contributed by atoms with van der Waals surface area (Å²) in [5.41, 5.74) is 9.29. The molecule has 8 nitrogen and oxygen atoms in total. The number of fused-ring (bicyclic) bond motifs is 3. The molecule has 3 aliphatic heterocycles. The van der Waals surface area contributed by atoms with Crippen LogP contribution in [-0.4, -0.2) is 65.9 Å². The highest BCUT2D eigenvalue weighted by atomic mass is 35.5. The highest BCUT2D eigenvalue weighted by Crippen LogP contribution is 2.35. The Bertz CT molecular complexity index is 1110. The lowest BCUT2D eigenvalue weighted by atomic mass is 9.88. The predicted molar refractivity (Wildman–Crippen MR) is 138 cm³/mol. The van der Waals surface area contributed by atoms with E-state index in [1.54, 1.807) is 12.1 Å². The highest BCUT2D eigenvalue weighted by Gasteiger charge is 2.42. The van der Waals surface area contributed by atoms with Gasteiger partial charge < -0.3 is 30.5 Å². The van der Waals surface area contributed by atoms with Gasteiger partial charge in [0.05, 0.1) is 43.6 Å². The summed E-state index contributed by atoms with van der Waals surface area (Å²) in [6.45, 7) is 3.85. The van der Waals surface area contributed by atoms with Crippen LogP contribution in [-0.2, 0) is 24.1 Å². The number of nitrogens with two attached hydrogens (primary N) is 1. The molecule has 36 heavy (non-hydrogen) atoms. The number of ether oxygens (including phenoxy) is 2.